The zero-order chi connectivity index (χ0) is 10.7. The number of hydrogen-bond acceptors (Lipinski definition) is 1. The van der Waals surface area contributed by atoms with Gasteiger partial charge in [-0.25, -0.2) is 0 Å². The van der Waals surface area contributed by atoms with Crippen molar-refractivity contribution in [1.82, 2.24) is 4.90 Å². The van der Waals surface area contributed by atoms with Gasteiger partial charge in [0.25, 0.3) is 0 Å². The Hall–Kier alpha value is -0.0500. The Balaban J connectivity index is 2.60. The predicted octanol–water partition coefficient (Wildman–Crippen LogP) is 2.81. The molecule has 0 N–H and O–H groups in total. The number of amides is 1. The molecule has 3 unspecified atom stereocenters. The summed E-state index contributed by atoms with van der Waals surface area (Å²) in [4.78, 5) is 14.0. The Morgan fingerprint density at radius 2 is 2.14 bits per heavy atom. The molecule has 14 heavy (non-hydrogen) atoms. The van der Waals surface area contributed by atoms with Crippen molar-refractivity contribution in [3.8, 4) is 0 Å². The van der Waals surface area contributed by atoms with E-state index in [1.165, 1.54) is 6.42 Å². The molecule has 0 aromatic rings. The van der Waals surface area contributed by atoms with Crippen LogP contribution < -0.4 is 0 Å². The van der Waals surface area contributed by atoms with Crippen LogP contribution in [0.25, 0.3) is 0 Å². The molecule has 1 heterocycles. The van der Waals surface area contributed by atoms with Crippen LogP contribution in [0.2, 0.25) is 0 Å². The molecule has 0 saturated carbocycles. The third-order valence-corrected chi connectivity index (χ3v) is 4.07. The molecule has 1 aliphatic heterocycles. The molecule has 2 nitrogen and oxygen atoms in total. The summed E-state index contributed by atoms with van der Waals surface area (Å²) >= 11 is 3.43. The lowest BCUT2D eigenvalue weighted by Gasteiger charge is -2.37. The van der Waals surface area contributed by atoms with Crippen LogP contribution in [0.1, 0.15) is 40.0 Å². The Kier molecular flexibility index (Phi) is 4.42. The van der Waals surface area contributed by atoms with Gasteiger partial charge < -0.3 is 4.90 Å². The Labute approximate surface area is 95.2 Å². The maximum absolute atomic E-state index is 12.0. The third kappa shape index (κ3) is 2.72. The number of rotatable bonds is 2. The van der Waals surface area contributed by atoms with E-state index >= 15 is 0 Å². The van der Waals surface area contributed by atoms with Crippen molar-refractivity contribution in [2.45, 2.75) is 50.9 Å². The van der Waals surface area contributed by atoms with Crippen LogP contribution in [0.4, 0.5) is 0 Å². The molecule has 0 aromatic heterocycles. The van der Waals surface area contributed by atoms with Crippen molar-refractivity contribution in [3.05, 3.63) is 0 Å². The summed E-state index contributed by atoms with van der Waals surface area (Å²) in [6.07, 6.45) is 3.27. The molecule has 0 radical (unpaired) electrons. The van der Waals surface area contributed by atoms with Crippen LogP contribution in [0.15, 0.2) is 0 Å². The van der Waals surface area contributed by atoms with Gasteiger partial charge in [0.1, 0.15) is 0 Å². The van der Waals surface area contributed by atoms with E-state index in [4.69, 9.17) is 0 Å². The van der Waals surface area contributed by atoms with Gasteiger partial charge in [0.05, 0.1) is 4.83 Å². The normalized spacial score (nSPS) is 30.1. The maximum atomic E-state index is 12.0. The fourth-order valence-electron chi connectivity index (χ4n) is 1.95. The van der Waals surface area contributed by atoms with Gasteiger partial charge in [0, 0.05) is 12.6 Å². The SMILES string of the molecule is CCC(Br)C(=O)N1CC(C)CCC1C. The highest BCUT2D eigenvalue weighted by Crippen LogP contribution is 2.23. The molecule has 1 amide bonds. The fourth-order valence-corrected chi connectivity index (χ4v) is 2.21. The molecule has 3 heteroatoms. The molecular weight excluding hydrogens is 242 g/mol. The van der Waals surface area contributed by atoms with Crippen LogP contribution in [0.5, 0.6) is 0 Å². The quantitative estimate of drug-likeness (QED) is 0.701. The van der Waals surface area contributed by atoms with E-state index in [0.717, 1.165) is 19.4 Å². The number of alkyl halides is 1. The van der Waals surface area contributed by atoms with E-state index in [9.17, 15) is 4.79 Å². The molecular formula is C11H20BrNO. The van der Waals surface area contributed by atoms with Crippen LogP contribution in [-0.4, -0.2) is 28.2 Å². The summed E-state index contributed by atoms with van der Waals surface area (Å²) in [6, 6.07) is 0.422. The lowest BCUT2D eigenvalue weighted by Crippen LogP contribution is -2.47. The first-order chi connectivity index (χ1) is 6.56. The molecule has 0 aliphatic carbocycles. The Morgan fingerprint density at radius 3 is 2.71 bits per heavy atom. The van der Waals surface area contributed by atoms with E-state index in [2.05, 4.69) is 29.8 Å². The second-order valence-corrected chi connectivity index (χ2v) is 5.50. The topological polar surface area (TPSA) is 20.3 Å². The van der Waals surface area contributed by atoms with Crippen molar-refractivity contribution in [1.29, 1.82) is 0 Å². The van der Waals surface area contributed by atoms with Gasteiger partial charge in [0.2, 0.25) is 5.91 Å². The summed E-state index contributed by atoms with van der Waals surface area (Å²) in [5.41, 5.74) is 0. The van der Waals surface area contributed by atoms with E-state index < -0.39 is 0 Å². The minimum Gasteiger partial charge on any atom is -0.339 e. The highest BCUT2D eigenvalue weighted by molar-refractivity contribution is 9.10. The van der Waals surface area contributed by atoms with Gasteiger partial charge >= 0.3 is 0 Å². The summed E-state index contributed by atoms with van der Waals surface area (Å²) in [6.45, 7) is 7.35. The first-order valence-corrected chi connectivity index (χ1v) is 6.42. The smallest absolute Gasteiger partial charge is 0.236 e. The van der Waals surface area contributed by atoms with E-state index in [-0.39, 0.29) is 10.7 Å². The molecule has 1 saturated heterocycles. The molecule has 0 spiro atoms. The largest absolute Gasteiger partial charge is 0.339 e. The lowest BCUT2D eigenvalue weighted by molar-refractivity contribution is -0.134. The van der Waals surface area contributed by atoms with Crippen LogP contribution in [0, 0.1) is 5.92 Å². The van der Waals surface area contributed by atoms with Crippen LogP contribution in [0.3, 0.4) is 0 Å². The number of likely N-dealkylation sites (tertiary alicyclic amines) is 1. The van der Waals surface area contributed by atoms with Crippen molar-refractivity contribution >= 4 is 21.8 Å². The first-order valence-electron chi connectivity index (χ1n) is 5.50. The molecule has 0 aromatic carbocycles. The van der Waals surface area contributed by atoms with E-state index in [0.29, 0.717) is 12.0 Å². The average Bonchev–Trinajstić information content (AvgIpc) is 2.19. The number of hydrogen-bond donors (Lipinski definition) is 0. The van der Waals surface area contributed by atoms with Gasteiger partial charge in [-0.1, -0.05) is 29.8 Å². The fraction of sp³-hybridized carbons (Fsp3) is 0.909. The number of piperidine rings is 1. The predicted molar refractivity (Wildman–Crippen MR) is 62.6 cm³/mol. The summed E-state index contributed by atoms with van der Waals surface area (Å²) in [5.74, 6) is 0.929. The Bertz CT molecular complexity index is 207. The lowest BCUT2D eigenvalue weighted by atomic mass is 9.94. The number of carbonyl (C=O) groups is 1. The van der Waals surface area contributed by atoms with Crippen LogP contribution >= 0.6 is 15.9 Å². The van der Waals surface area contributed by atoms with Crippen molar-refractivity contribution in [3.63, 3.8) is 0 Å². The van der Waals surface area contributed by atoms with Crippen LogP contribution in [-0.2, 0) is 4.79 Å². The minimum atomic E-state index is 0.00949. The minimum absolute atomic E-state index is 0.00949. The number of nitrogens with zero attached hydrogens (tertiary/aromatic N) is 1. The van der Waals surface area contributed by atoms with Crippen molar-refractivity contribution in [2.24, 2.45) is 5.92 Å². The molecule has 1 fully saturated rings. The average molecular weight is 262 g/mol. The standard InChI is InChI=1S/C11H20BrNO/c1-4-10(12)11(14)13-7-8(2)5-6-9(13)3/h8-10H,4-7H2,1-3H3. The number of carbonyl (C=O) groups excluding carboxylic acids is 1. The molecule has 82 valence electrons. The molecule has 3 atom stereocenters. The highest BCUT2D eigenvalue weighted by atomic mass is 79.9. The maximum Gasteiger partial charge on any atom is 0.236 e. The van der Waals surface area contributed by atoms with Gasteiger partial charge in [-0.05, 0) is 32.1 Å². The highest BCUT2D eigenvalue weighted by Gasteiger charge is 2.29. The van der Waals surface area contributed by atoms with Gasteiger partial charge in [-0.15, -0.1) is 0 Å². The summed E-state index contributed by atoms with van der Waals surface area (Å²) in [7, 11) is 0. The van der Waals surface area contributed by atoms with E-state index in [1.807, 2.05) is 11.8 Å². The zero-order valence-corrected chi connectivity index (χ0v) is 10.9. The summed E-state index contributed by atoms with van der Waals surface area (Å²) in [5, 5.41) is 0. The third-order valence-electron chi connectivity index (χ3n) is 3.03. The van der Waals surface area contributed by atoms with Crippen molar-refractivity contribution in [2.75, 3.05) is 6.54 Å². The van der Waals surface area contributed by atoms with E-state index in [1.54, 1.807) is 0 Å². The summed E-state index contributed by atoms with van der Waals surface area (Å²) < 4.78 is 0. The first kappa shape index (κ1) is 12.0. The molecule has 1 aliphatic rings. The molecule has 0 bridgehead atoms. The van der Waals surface area contributed by atoms with Gasteiger partial charge in [0.15, 0.2) is 0 Å². The molecule has 1 rings (SSSR count). The number of halogens is 1. The second-order valence-electron chi connectivity index (χ2n) is 4.40. The zero-order valence-electron chi connectivity index (χ0n) is 9.29. The second kappa shape index (κ2) is 5.15. The van der Waals surface area contributed by atoms with Gasteiger partial charge in [-0.3, -0.25) is 4.79 Å². The monoisotopic (exact) mass is 261 g/mol. The Morgan fingerprint density at radius 1 is 1.50 bits per heavy atom. The van der Waals surface area contributed by atoms with Gasteiger partial charge in [-0.2, -0.15) is 0 Å². The van der Waals surface area contributed by atoms with Crippen molar-refractivity contribution < 1.29 is 4.79 Å².